The molecule has 0 aliphatic carbocycles. The Kier molecular flexibility index (Phi) is 63.0. The van der Waals surface area contributed by atoms with E-state index in [0.717, 1.165) is 96.3 Å². The number of carbonyl (C=O) groups is 4. The summed E-state index contributed by atoms with van der Waals surface area (Å²) in [6.07, 6.45) is 51.5. The van der Waals surface area contributed by atoms with Crippen molar-refractivity contribution < 1.29 is 80.2 Å². The molecule has 5 atom stereocenters. The van der Waals surface area contributed by atoms with Crippen molar-refractivity contribution in [2.75, 3.05) is 39.6 Å². The average molecular weight is 1330 g/mol. The highest BCUT2D eigenvalue weighted by Crippen LogP contribution is 2.45. The van der Waals surface area contributed by atoms with Gasteiger partial charge in [-0.2, -0.15) is 0 Å². The molecule has 0 aliphatic rings. The summed E-state index contributed by atoms with van der Waals surface area (Å²) in [5, 5.41) is 10.6. The maximum absolute atomic E-state index is 13.0. The molecule has 0 saturated heterocycles. The number of hydrogen-bond acceptors (Lipinski definition) is 15. The van der Waals surface area contributed by atoms with Gasteiger partial charge in [-0.1, -0.05) is 317 Å². The van der Waals surface area contributed by atoms with Crippen molar-refractivity contribution in [2.24, 2.45) is 5.92 Å². The molecule has 0 amide bonds. The minimum atomic E-state index is -4.95. The second-order valence-corrected chi connectivity index (χ2v) is 29.0. The van der Waals surface area contributed by atoms with Crippen molar-refractivity contribution in [1.29, 1.82) is 0 Å². The van der Waals surface area contributed by atoms with E-state index in [0.29, 0.717) is 31.6 Å². The number of aliphatic hydroxyl groups excluding tert-OH is 1. The van der Waals surface area contributed by atoms with Crippen molar-refractivity contribution in [3.63, 3.8) is 0 Å². The van der Waals surface area contributed by atoms with Crippen LogP contribution < -0.4 is 0 Å². The second kappa shape index (κ2) is 64.4. The van der Waals surface area contributed by atoms with E-state index in [1.54, 1.807) is 0 Å². The van der Waals surface area contributed by atoms with Gasteiger partial charge in [-0.3, -0.25) is 37.3 Å². The molecule has 17 nitrogen and oxygen atoms in total. The standard InChI is InChI=1S/C71H138O17P2/c1-6-9-12-15-18-21-24-26-27-28-29-30-31-32-34-37-40-47-52-57-71(76)87-66(60-81-68(73)54-49-44-38-36-33-25-22-19-16-13-10-7-2)62-85-89(77,78)83-58-65(72)59-84-90(79,80)86-63-67(61-82-69(74)55-50-45-42-41-43-48-53-64(4)5)88-70(75)56-51-46-39-35-23-20-17-14-11-8-3/h64-67,72H,6-63H2,1-5H3,(H,77,78)(H,79,80)/t65-,66-,67-/m1/s1. The Hall–Kier alpha value is -1.94. The molecule has 0 aromatic heterocycles. The van der Waals surface area contributed by atoms with Gasteiger partial charge in [0.1, 0.15) is 19.3 Å². The third-order valence-corrected chi connectivity index (χ3v) is 18.4. The molecule has 3 N–H and O–H groups in total. The fourth-order valence-electron chi connectivity index (χ4n) is 10.8. The van der Waals surface area contributed by atoms with E-state index in [-0.39, 0.29) is 25.7 Å². The summed E-state index contributed by atoms with van der Waals surface area (Å²) in [4.78, 5) is 72.5. The number of aliphatic hydroxyl groups is 1. The van der Waals surface area contributed by atoms with Crippen LogP contribution in [-0.2, 0) is 65.4 Å². The summed E-state index contributed by atoms with van der Waals surface area (Å²) < 4.78 is 68.2. The van der Waals surface area contributed by atoms with E-state index >= 15 is 0 Å². The normalized spacial score (nSPS) is 14.1. The minimum Gasteiger partial charge on any atom is -0.462 e. The predicted octanol–water partition coefficient (Wildman–Crippen LogP) is 20.5. The van der Waals surface area contributed by atoms with Crippen LogP contribution in [0.25, 0.3) is 0 Å². The molecule has 0 rings (SSSR count). The van der Waals surface area contributed by atoms with E-state index in [1.807, 2.05) is 0 Å². The fraction of sp³-hybridized carbons (Fsp3) is 0.944. The Bertz CT molecular complexity index is 1740. The SMILES string of the molecule is CCCCCCCCCCCCCCCCCCCCCC(=O)O[C@H](COC(=O)CCCCCCCCCCCCCC)COP(=O)(O)OC[C@@H](O)COP(=O)(O)OC[C@@H](COC(=O)CCCCCCCCC(C)C)OC(=O)CCCCCCCCCCCC. The molecule has 0 fully saturated rings. The van der Waals surface area contributed by atoms with E-state index < -0.39 is 97.5 Å². The quantitative estimate of drug-likeness (QED) is 0.0222. The van der Waals surface area contributed by atoms with Crippen LogP contribution in [0.15, 0.2) is 0 Å². The Morgan fingerprint density at radius 3 is 0.756 bits per heavy atom. The monoisotopic (exact) mass is 1320 g/mol. The Labute approximate surface area is 549 Å². The highest BCUT2D eigenvalue weighted by molar-refractivity contribution is 7.47. The number of phosphoric acid groups is 2. The van der Waals surface area contributed by atoms with Crippen LogP contribution in [0.5, 0.6) is 0 Å². The molecule has 0 radical (unpaired) electrons. The summed E-state index contributed by atoms with van der Waals surface area (Å²) in [5.41, 5.74) is 0. The number of ether oxygens (including phenoxy) is 4. The lowest BCUT2D eigenvalue weighted by molar-refractivity contribution is -0.161. The number of carbonyl (C=O) groups excluding carboxylic acids is 4. The van der Waals surface area contributed by atoms with Crippen molar-refractivity contribution in [1.82, 2.24) is 0 Å². The molecule has 90 heavy (non-hydrogen) atoms. The van der Waals surface area contributed by atoms with Crippen molar-refractivity contribution in [2.45, 2.75) is 387 Å². The summed E-state index contributed by atoms with van der Waals surface area (Å²) in [6.45, 7) is 7.16. The first kappa shape index (κ1) is 88.1. The first-order chi connectivity index (χ1) is 43.5. The zero-order valence-electron chi connectivity index (χ0n) is 58.3. The van der Waals surface area contributed by atoms with Gasteiger partial charge in [0.2, 0.25) is 0 Å². The van der Waals surface area contributed by atoms with Crippen LogP contribution in [0, 0.1) is 5.92 Å². The lowest BCUT2D eigenvalue weighted by Gasteiger charge is -2.21. The number of rotatable bonds is 71. The Morgan fingerprint density at radius 1 is 0.300 bits per heavy atom. The van der Waals surface area contributed by atoms with Crippen LogP contribution in [-0.4, -0.2) is 96.7 Å². The zero-order chi connectivity index (χ0) is 66.3. The van der Waals surface area contributed by atoms with E-state index in [2.05, 4.69) is 34.6 Å². The smallest absolute Gasteiger partial charge is 0.462 e. The zero-order valence-corrected chi connectivity index (χ0v) is 60.1. The van der Waals surface area contributed by atoms with E-state index in [1.165, 1.54) is 186 Å². The molecule has 0 saturated carbocycles. The third kappa shape index (κ3) is 64.8. The second-order valence-electron chi connectivity index (χ2n) is 26.1. The molecule has 534 valence electrons. The lowest BCUT2D eigenvalue weighted by atomic mass is 10.0. The van der Waals surface area contributed by atoms with Gasteiger partial charge in [0, 0.05) is 25.7 Å². The van der Waals surface area contributed by atoms with Crippen molar-refractivity contribution in [3.8, 4) is 0 Å². The van der Waals surface area contributed by atoms with Crippen LogP contribution >= 0.6 is 15.6 Å². The minimum absolute atomic E-state index is 0.106. The fourth-order valence-corrected chi connectivity index (χ4v) is 12.4. The third-order valence-electron chi connectivity index (χ3n) is 16.5. The lowest BCUT2D eigenvalue weighted by Crippen LogP contribution is -2.30. The van der Waals surface area contributed by atoms with Gasteiger partial charge in [-0.25, -0.2) is 9.13 Å². The van der Waals surface area contributed by atoms with E-state index in [4.69, 9.17) is 37.0 Å². The highest BCUT2D eigenvalue weighted by atomic mass is 31.2. The van der Waals surface area contributed by atoms with Gasteiger partial charge in [-0.15, -0.1) is 0 Å². The van der Waals surface area contributed by atoms with Gasteiger partial charge >= 0.3 is 39.5 Å². The summed E-state index contributed by atoms with van der Waals surface area (Å²) in [7, 11) is -9.90. The molecule has 0 spiro atoms. The van der Waals surface area contributed by atoms with Gasteiger partial charge in [-0.05, 0) is 31.6 Å². The largest absolute Gasteiger partial charge is 0.472 e. The first-order valence-electron chi connectivity index (χ1n) is 37.1. The maximum atomic E-state index is 13.0. The van der Waals surface area contributed by atoms with Crippen LogP contribution in [0.3, 0.4) is 0 Å². The average Bonchev–Trinajstić information content (AvgIpc) is 3.12. The van der Waals surface area contributed by atoms with Gasteiger partial charge in [0.15, 0.2) is 12.2 Å². The molecular formula is C71H138O17P2. The molecular weight excluding hydrogens is 1190 g/mol. The first-order valence-corrected chi connectivity index (χ1v) is 40.1. The van der Waals surface area contributed by atoms with Crippen LogP contribution in [0.4, 0.5) is 0 Å². The van der Waals surface area contributed by atoms with Gasteiger partial charge in [0.05, 0.1) is 26.4 Å². The number of unbranched alkanes of at least 4 members (excludes halogenated alkanes) is 43. The number of esters is 4. The summed E-state index contributed by atoms with van der Waals surface area (Å²) >= 11 is 0. The molecule has 19 heteroatoms. The predicted molar refractivity (Wildman–Crippen MR) is 363 cm³/mol. The van der Waals surface area contributed by atoms with Crippen LogP contribution in [0.1, 0.15) is 369 Å². The summed E-state index contributed by atoms with van der Waals surface area (Å²) in [6, 6.07) is 0. The number of phosphoric ester groups is 2. The van der Waals surface area contributed by atoms with Crippen molar-refractivity contribution >= 4 is 39.5 Å². The molecule has 0 heterocycles. The van der Waals surface area contributed by atoms with Crippen LogP contribution in [0.2, 0.25) is 0 Å². The maximum Gasteiger partial charge on any atom is 0.472 e. The Morgan fingerprint density at radius 2 is 0.511 bits per heavy atom. The van der Waals surface area contributed by atoms with Gasteiger partial charge in [0.25, 0.3) is 0 Å². The molecule has 0 aromatic rings. The molecule has 0 aliphatic heterocycles. The molecule has 0 aromatic carbocycles. The molecule has 0 bridgehead atoms. The highest BCUT2D eigenvalue weighted by Gasteiger charge is 2.30. The topological polar surface area (TPSA) is 237 Å². The van der Waals surface area contributed by atoms with E-state index in [9.17, 15) is 43.2 Å². The molecule has 2 unspecified atom stereocenters. The summed E-state index contributed by atoms with van der Waals surface area (Å²) in [5.74, 6) is -1.44. The van der Waals surface area contributed by atoms with Crippen molar-refractivity contribution in [3.05, 3.63) is 0 Å². The number of hydrogen-bond donors (Lipinski definition) is 3. The van der Waals surface area contributed by atoms with Gasteiger partial charge < -0.3 is 33.8 Å². The Balaban J connectivity index is 5.19.